The maximum absolute atomic E-state index is 4.96. The predicted molar refractivity (Wildman–Crippen MR) is 72.0 cm³/mol. The zero-order valence-corrected chi connectivity index (χ0v) is 11.2. The van der Waals surface area contributed by atoms with Crippen molar-refractivity contribution in [2.45, 2.75) is 0 Å². The lowest BCUT2D eigenvalue weighted by Gasteiger charge is -2.04. The fourth-order valence-electron chi connectivity index (χ4n) is 1.16. The first-order chi connectivity index (χ1) is 7.63. The van der Waals surface area contributed by atoms with Gasteiger partial charge >= 0.3 is 0 Å². The van der Waals surface area contributed by atoms with Gasteiger partial charge in [-0.25, -0.2) is 0 Å². The Balaban J connectivity index is 2.34. The van der Waals surface area contributed by atoms with E-state index in [4.69, 9.17) is 24.4 Å². The number of benzene rings is 1. The number of halogens is 1. The van der Waals surface area contributed by atoms with Crippen LogP contribution in [0.1, 0.15) is 0 Å². The second-order valence-electron chi connectivity index (χ2n) is 2.98. The fraction of sp³-hybridized carbons (Fsp3) is 0. The van der Waals surface area contributed by atoms with Crippen LogP contribution in [-0.2, 0) is 0 Å². The van der Waals surface area contributed by atoms with Gasteiger partial charge in [0.2, 0.25) is 10.7 Å². The third-order valence-corrected chi connectivity index (χ3v) is 2.64. The molecule has 0 radical (unpaired) electrons. The fourth-order valence-corrected chi connectivity index (χ4v) is 2.01. The summed E-state index contributed by atoms with van der Waals surface area (Å²) in [5, 5.41) is 3.08. The summed E-state index contributed by atoms with van der Waals surface area (Å²) in [4.78, 5) is 9.66. The summed E-state index contributed by atoms with van der Waals surface area (Å²) in [6, 6.07) is 7.71. The van der Waals surface area contributed by atoms with Crippen molar-refractivity contribution < 1.29 is 0 Å². The number of anilines is 2. The number of nitrogens with one attached hydrogen (secondary N) is 3. The van der Waals surface area contributed by atoms with E-state index in [9.17, 15) is 0 Å². The minimum absolute atomic E-state index is 0.348. The summed E-state index contributed by atoms with van der Waals surface area (Å²) in [5.74, 6) is 0.520. The van der Waals surface area contributed by atoms with Crippen LogP contribution in [0.5, 0.6) is 0 Å². The number of nitrogens with zero attached hydrogens (tertiary/aromatic N) is 1. The maximum atomic E-state index is 4.96. The van der Waals surface area contributed by atoms with Gasteiger partial charge in [-0.15, -0.1) is 0 Å². The summed E-state index contributed by atoms with van der Waals surface area (Å²) < 4.78 is 1.77. The van der Waals surface area contributed by atoms with Crippen LogP contribution < -0.4 is 5.32 Å². The lowest BCUT2D eigenvalue weighted by Crippen LogP contribution is -1.98. The molecule has 1 aromatic carbocycles. The summed E-state index contributed by atoms with van der Waals surface area (Å²) in [5.41, 5.74) is 0.896. The van der Waals surface area contributed by atoms with E-state index in [1.54, 1.807) is 0 Å². The highest BCUT2D eigenvalue weighted by molar-refractivity contribution is 9.10. The first-order valence-electron chi connectivity index (χ1n) is 4.37. The summed E-state index contributed by atoms with van der Waals surface area (Å²) in [6.45, 7) is 0. The number of H-pyrrole nitrogens is 2. The minimum atomic E-state index is 0.348. The Labute approximate surface area is 110 Å². The standard InChI is InChI=1S/C9H7BrN4S2/c10-5-2-1-3-6(4-5)11-7-12-8(15)14-9(16)13-7/h1-4H,(H3,11,12,13,14,15,16). The van der Waals surface area contributed by atoms with Gasteiger partial charge in [0.15, 0.2) is 4.77 Å². The van der Waals surface area contributed by atoms with Gasteiger partial charge in [-0.05, 0) is 42.6 Å². The van der Waals surface area contributed by atoms with Crippen molar-refractivity contribution in [3.63, 3.8) is 0 Å². The Morgan fingerprint density at radius 2 is 2.06 bits per heavy atom. The van der Waals surface area contributed by atoms with Crippen molar-refractivity contribution in [3.05, 3.63) is 38.3 Å². The Morgan fingerprint density at radius 1 is 1.25 bits per heavy atom. The molecule has 0 amide bonds. The van der Waals surface area contributed by atoms with E-state index < -0.39 is 0 Å². The number of aromatic amines is 2. The van der Waals surface area contributed by atoms with E-state index in [-0.39, 0.29) is 0 Å². The van der Waals surface area contributed by atoms with Crippen LogP contribution in [-0.4, -0.2) is 15.0 Å². The Bertz CT molecular complexity index is 591. The van der Waals surface area contributed by atoms with Gasteiger partial charge in [0.05, 0.1) is 0 Å². The third kappa shape index (κ3) is 2.97. The van der Waals surface area contributed by atoms with Gasteiger partial charge in [-0.2, -0.15) is 4.98 Å². The van der Waals surface area contributed by atoms with E-state index in [1.165, 1.54) is 0 Å². The summed E-state index contributed by atoms with van der Waals surface area (Å²) in [6.07, 6.45) is 0. The largest absolute Gasteiger partial charge is 0.326 e. The highest BCUT2D eigenvalue weighted by atomic mass is 79.9. The molecule has 0 aliphatic rings. The van der Waals surface area contributed by atoms with Crippen LogP contribution in [0.25, 0.3) is 0 Å². The van der Waals surface area contributed by atoms with Crippen LogP contribution in [0.15, 0.2) is 28.7 Å². The quantitative estimate of drug-likeness (QED) is 0.740. The molecule has 0 aliphatic carbocycles. The predicted octanol–water partition coefficient (Wildman–Crippen LogP) is 3.70. The van der Waals surface area contributed by atoms with Crippen LogP contribution in [0, 0.1) is 9.54 Å². The van der Waals surface area contributed by atoms with Gasteiger partial charge in [0.1, 0.15) is 0 Å². The molecule has 0 bridgehead atoms. The average Bonchev–Trinajstić information content (AvgIpc) is 2.15. The van der Waals surface area contributed by atoms with Gasteiger partial charge in [-0.3, -0.25) is 0 Å². The first-order valence-corrected chi connectivity index (χ1v) is 5.98. The van der Waals surface area contributed by atoms with Crippen LogP contribution in [0.4, 0.5) is 11.6 Å². The molecule has 0 unspecified atom stereocenters. The van der Waals surface area contributed by atoms with E-state index in [1.807, 2.05) is 24.3 Å². The van der Waals surface area contributed by atoms with E-state index in [0.717, 1.165) is 10.2 Å². The molecule has 82 valence electrons. The van der Waals surface area contributed by atoms with Crippen molar-refractivity contribution in [2.75, 3.05) is 5.32 Å². The van der Waals surface area contributed by atoms with Gasteiger partial charge in [0, 0.05) is 10.2 Å². The molecule has 1 aromatic heterocycles. The van der Waals surface area contributed by atoms with E-state index in [2.05, 4.69) is 36.2 Å². The first kappa shape index (κ1) is 11.4. The van der Waals surface area contributed by atoms with Crippen LogP contribution in [0.3, 0.4) is 0 Å². The summed E-state index contributed by atoms with van der Waals surface area (Å²) >= 11 is 13.3. The molecule has 4 nitrogen and oxygen atoms in total. The Kier molecular flexibility index (Phi) is 3.47. The number of rotatable bonds is 2. The van der Waals surface area contributed by atoms with Crippen LogP contribution >= 0.6 is 40.4 Å². The molecule has 0 atom stereocenters. The SMILES string of the molecule is S=c1nc(Nc2cccc(Br)c2)[nH]c(=S)[nH]1. The molecule has 0 aliphatic heterocycles. The van der Waals surface area contributed by atoms with Crippen molar-refractivity contribution in [2.24, 2.45) is 0 Å². The molecule has 0 saturated heterocycles. The molecule has 2 aromatic rings. The topological polar surface area (TPSA) is 56.5 Å². The lowest BCUT2D eigenvalue weighted by atomic mass is 10.3. The molecular weight excluding hydrogens is 308 g/mol. The molecule has 16 heavy (non-hydrogen) atoms. The zero-order chi connectivity index (χ0) is 11.5. The molecule has 0 fully saturated rings. The molecule has 2 rings (SSSR count). The Hall–Kier alpha value is -1.05. The Morgan fingerprint density at radius 3 is 2.75 bits per heavy atom. The van der Waals surface area contributed by atoms with Crippen LogP contribution in [0.2, 0.25) is 0 Å². The molecule has 7 heteroatoms. The zero-order valence-electron chi connectivity index (χ0n) is 7.95. The van der Waals surface area contributed by atoms with Gasteiger partial charge in [-0.1, -0.05) is 22.0 Å². The average molecular weight is 315 g/mol. The second kappa shape index (κ2) is 4.86. The highest BCUT2D eigenvalue weighted by Gasteiger charge is 1.97. The number of aromatic nitrogens is 3. The summed E-state index contributed by atoms with van der Waals surface area (Å²) in [7, 11) is 0. The molecule has 3 N–H and O–H groups in total. The maximum Gasteiger partial charge on any atom is 0.209 e. The number of hydrogen-bond donors (Lipinski definition) is 3. The van der Waals surface area contributed by atoms with E-state index >= 15 is 0 Å². The molecule has 0 spiro atoms. The second-order valence-corrected chi connectivity index (χ2v) is 4.69. The minimum Gasteiger partial charge on any atom is -0.326 e. The third-order valence-electron chi connectivity index (χ3n) is 1.75. The lowest BCUT2D eigenvalue weighted by molar-refractivity contribution is 1.01. The smallest absolute Gasteiger partial charge is 0.209 e. The van der Waals surface area contributed by atoms with Gasteiger partial charge < -0.3 is 15.3 Å². The molecule has 0 saturated carbocycles. The number of hydrogen-bond acceptors (Lipinski definition) is 4. The highest BCUT2D eigenvalue weighted by Crippen LogP contribution is 2.17. The monoisotopic (exact) mass is 314 g/mol. The molecule has 1 heterocycles. The van der Waals surface area contributed by atoms with Crippen molar-refractivity contribution in [3.8, 4) is 0 Å². The van der Waals surface area contributed by atoms with E-state index in [0.29, 0.717) is 15.5 Å². The van der Waals surface area contributed by atoms with Crippen molar-refractivity contribution in [1.82, 2.24) is 15.0 Å². The van der Waals surface area contributed by atoms with Crippen molar-refractivity contribution >= 4 is 52.0 Å². The normalized spacial score (nSPS) is 10.1. The van der Waals surface area contributed by atoms with Crippen molar-refractivity contribution in [1.29, 1.82) is 0 Å². The van der Waals surface area contributed by atoms with Gasteiger partial charge in [0.25, 0.3) is 0 Å². The molecular formula is C9H7BrN4S2.